The minimum atomic E-state index is -6.43. The van der Waals surface area contributed by atoms with Gasteiger partial charge >= 0.3 is 18.1 Å². The number of aromatic nitrogens is 1. The van der Waals surface area contributed by atoms with Gasteiger partial charge < -0.3 is 4.57 Å². The number of fused-ring (bicyclic) bond motifs is 1. The van der Waals surface area contributed by atoms with Crippen molar-refractivity contribution in [3.63, 3.8) is 0 Å². The first-order valence-corrected chi connectivity index (χ1v) is 8.68. The second-order valence-corrected chi connectivity index (χ2v) is 6.74. The smallest absolute Gasteiger partial charge is 0.342 e. The lowest BCUT2D eigenvalue weighted by Gasteiger charge is -2.27. The van der Waals surface area contributed by atoms with Gasteiger partial charge in [0.05, 0.1) is 6.21 Å². The summed E-state index contributed by atoms with van der Waals surface area (Å²) < 4.78 is 91.0. The minimum absolute atomic E-state index is 0.275. The van der Waals surface area contributed by atoms with E-state index in [1.54, 1.807) is 35.0 Å². The van der Waals surface area contributed by atoms with E-state index in [0.29, 0.717) is 22.9 Å². The van der Waals surface area contributed by atoms with E-state index in [0.717, 1.165) is 17.3 Å². The van der Waals surface area contributed by atoms with Crippen LogP contribution in [0.4, 0.5) is 30.7 Å². The summed E-state index contributed by atoms with van der Waals surface area (Å²) in [4.78, 5) is 0. The molecule has 0 unspecified atom stereocenters. The topological polar surface area (TPSA) is 29.3 Å². The van der Waals surface area contributed by atoms with E-state index in [1.807, 2.05) is 31.2 Å². The fraction of sp³-hybridized carbons (Fsp3) is 0.250. The lowest BCUT2D eigenvalue weighted by atomic mass is 10.1. The average Bonchev–Trinajstić information content (AvgIpc) is 2.98. The Balaban J connectivity index is 1.88. The van der Waals surface area contributed by atoms with Crippen LogP contribution in [0, 0.1) is 6.92 Å². The van der Waals surface area contributed by atoms with Crippen LogP contribution in [-0.4, -0.2) is 28.9 Å². The quantitative estimate of drug-likeness (QED) is 0.230. The molecular formula is C20H16F7N3. The first-order valence-electron chi connectivity index (χ1n) is 8.68. The maximum atomic E-state index is 13.3. The molecule has 0 aliphatic heterocycles. The summed E-state index contributed by atoms with van der Waals surface area (Å²) in [5.41, 5.74) is 3.64. The fourth-order valence-corrected chi connectivity index (χ4v) is 2.95. The summed E-state index contributed by atoms with van der Waals surface area (Å²) in [5.74, 6) is -6.28. The predicted molar refractivity (Wildman–Crippen MR) is 98.9 cm³/mol. The van der Waals surface area contributed by atoms with Gasteiger partial charge in [0, 0.05) is 29.2 Å². The number of rotatable bonds is 6. The molecule has 2 aromatic carbocycles. The van der Waals surface area contributed by atoms with E-state index in [2.05, 4.69) is 5.10 Å². The number of benzene rings is 2. The Bertz CT molecular complexity index is 1070. The molecule has 1 N–H and O–H groups in total. The number of para-hydroxylation sites is 1. The zero-order chi connectivity index (χ0) is 22.2. The van der Waals surface area contributed by atoms with Gasteiger partial charge in [0.2, 0.25) is 0 Å². The highest BCUT2D eigenvalue weighted by atomic mass is 19.4. The summed E-state index contributed by atoms with van der Waals surface area (Å²) >= 11 is 0. The van der Waals surface area contributed by atoms with Crippen LogP contribution in [0.1, 0.15) is 16.7 Å². The van der Waals surface area contributed by atoms with Gasteiger partial charge in [-0.25, -0.2) is 5.43 Å². The Kier molecular flexibility index (Phi) is 5.53. The highest BCUT2D eigenvalue weighted by molar-refractivity contribution is 5.99. The zero-order valence-corrected chi connectivity index (χ0v) is 15.5. The molecule has 3 nitrogen and oxygen atoms in total. The maximum absolute atomic E-state index is 13.3. The third kappa shape index (κ3) is 4.12. The Morgan fingerprint density at radius 2 is 1.67 bits per heavy atom. The zero-order valence-electron chi connectivity index (χ0n) is 15.5. The van der Waals surface area contributed by atoms with Gasteiger partial charge in [-0.2, -0.15) is 35.8 Å². The normalized spacial score (nSPS) is 13.3. The van der Waals surface area contributed by atoms with Crippen molar-refractivity contribution in [3.8, 4) is 0 Å². The Morgan fingerprint density at radius 3 is 2.33 bits per heavy atom. The van der Waals surface area contributed by atoms with Crippen LogP contribution in [-0.2, 0) is 6.54 Å². The first-order chi connectivity index (χ1) is 13.9. The summed E-state index contributed by atoms with van der Waals surface area (Å²) in [7, 11) is 0. The lowest BCUT2D eigenvalue weighted by molar-refractivity contribution is -0.361. The maximum Gasteiger partial charge on any atom is 0.462 e. The highest BCUT2D eigenvalue weighted by Crippen LogP contribution is 2.45. The average molecular weight is 431 g/mol. The molecule has 0 spiro atoms. The van der Waals surface area contributed by atoms with Crippen LogP contribution in [0.3, 0.4) is 0 Å². The molecule has 0 saturated carbocycles. The second-order valence-electron chi connectivity index (χ2n) is 6.74. The van der Waals surface area contributed by atoms with Crippen molar-refractivity contribution in [1.29, 1.82) is 0 Å². The van der Waals surface area contributed by atoms with Gasteiger partial charge in [-0.1, -0.05) is 48.0 Å². The number of hydrogen-bond donors (Lipinski definition) is 1. The molecule has 160 valence electrons. The number of halogens is 7. The van der Waals surface area contributed by atoms with Crippen molar-refractivity contribution in [3.05, 3.63) is 71.4 Å². The number of alkyl halides is 7. The van der Waals surface area contributed by atoms with Gasteiger partial charge in [0.15, 0.2) is 0 Å². The molecule has 0 amide bonds. The molecule has 0 atom stereocenters. The molecule has 3 aromatic rings. The summed E-state index contributed by atoms with van der Waals surface area (Å²) in [5, 5.41) is 3.53. The molecule has 0 aliphatic rings. The summed E-state index contributed by atoms with van der Waals surface area (Å²) in [6.45, 7) is 2.36. The number of nitrogens with zero attached hydrogens (tertiary/aromatic N) is 2. The molecular weight excluding hydrogens is 415 g/mol. The molecule has 0 radical (unpaired) electrons. The van der Waals surface area contributed by atoms with Crippen LogP contribution in [0.15, 0.2) is 59.8 Å². The van der Waals surface area contributed by atoms with E-state index in [9.17, 15) is 30.7 Å². The van der Waals surface area contributed by atoms with E-state index in [4.69, 9.17) is 0 Å². The highest BCUT2D eigenvalue weighted by Gasteiger charge is 2.73. The van der Waals surface area contributed by atoms with Crippen LogP contribution in [0.5, 0.6) is 0 Å². The van der Waals surface area contributed by atoms with Crippen LogP contribution >= 0.6 is 0 Å². The monoisotopic (exact) mass is 431 g/mol. The molecule has 0 aliphatic carbocycles. The third-order valence-electron chi connectivity index (χ3n) is 4.41. The van der Waals surface area contributed by atoms with Crippen molar-refractivity contribution >= 4 is 17.1 Å². The molecule has 10 heteroatoms. The first kappa shape index (κ1) is 21.7. The largest absolute Gasteiger partial charge is 0.462 e. The Hall–Kier alpha value is -3.04. The van der Waals surface area contributed by atoms with Crippen molar-refractivity contribution in [2.24, 2.45) is 5.10 Å². The van der Waals surface area contributed by atoms with Gasteiger partial charge in [-0.3, -0.25) is 0 Å². The van der Waals surface area contributed by atoms with Crippen molar-refractivity contribution in [2.45, 2.75) is 31.6 Å². The molecule has 1 heterocycles. The second kappa shape index (κ2) is 7.66. The molecule has 3 rings (SSSR count). The van der Waals surface area contributed by atoms with Crippen molar-refractivity contribution in [2.75, 3.05) is 0 Å². The lowest BCUT2D eigenvalue weighted by Crippen LogP contribution is -2.58. The van der Waals surface area contributed by atoms with Crippen molar-refractivity contribution in [1.82, 2.24) is 9.99 Å². The molecule has 0 bridgehead atoms. The van der Waals surface area contributed by atoms with Gasteiger partial charge in [-0.05, 0) is 18.6 Å². The molecule has 0 saturated heterocycles. The number of hydrogen-bond acceptors (Lipinski definition) is 2. The number of nitrogens with one attached hydrogen (secondary N) is 1. The van der Waals surface area contributed by atoms with Gasteiger partial charge in [-0.15, -0.1) is 0 Å². The SMILES string of the molecule is Cc1cccc(Cn2cc(/C=N/NC(F)(F)C(F)(F)C(F)(F)F)c3ccccc32)c1. The summed E-state index contributed by atoms with van der Waals surface area (Å²) in [6, 6.07) is 8.92. The molecule has 1 aromatic heterocycles. The van der Waals surface area contributed by atoms with Crippen LogP contribution in [0.25, 0.3) is 10.9 Å². The fourth-order valence-electron chi connectivity index (χ4n) is 2.95. The van der Waals surface area contributed by atoms with E-state index in [-0.39, 0.29) is 5.56 Å². The van der Waals surface area contributed by atoms with Gasteiger partial charge in [0.1, 0.15) is 0 Å². The Labute approximate surface area is 166 Å². The standard InChI is InChI=1S/C20H16F7N3/c1-13-5-4-6-14(9-13)11-30-12-15(16-7-2-3-8-17(16)30)10-28-29-20(26,27)18(21,22)19(23,24)25/h2-10,12,29H,11H2,1H3/b28-10+. The third-order valence-corrected chi connectivity index (χ3v) is 4.41. The minimum Gasteiger partial charge on any atom is -0.342 e. The van der Waals surface area contributed by atoms with E-state index < -0.39 is 18.1 Å². The number of hydrazone groups is 1. The predicted octanol–water partition coefficient (Wildman–Crippen LogP) is 5.71. The van der Waals surface area contributed by atoms with E-state index in [1.165, 1.54) is 0 Å². The Morgan fingerprint density at radius 1 is 0.967 bits per heavy atom. The van der Waals surface area contributed by atoms with Crippen molar-refractivity contribution < 1.29 is 30.7 Å². The van der Waals surface area contributed by atoms with Gasteiger partial charge in [0.25, 0.3) is 0 Å². The number of aryl methyl sites for hydroxylation is 1. The van der Waals surface area contributed by atoms with Crippen LogP contribution in [0.2, 0.25) is 0 Å². The van der Waals surface area contributed by atoms with E-state index >= 15 is 0 Å². The molecule has 30 heavy (non-hydrogen) atoms. The molecule has 0 fully saturated rings. The summed E-state index contributed by atoms with van der Waals surface area (Å²) in [6.07, 6.45) is -4.09. The van der Waals surface area contributed by atoms with Crippen LogP contribution < -0.4 is 5.43 Å².